The number of hydrogen-bond acceptors (Lipinski definition) is 4. The summed E-state index contributed by atoms with van der Waals surface area (Å²) in [6, 6.07) is 5.42. The zero-order valence-corrected chi connectivity index (χ0v) is 11.9. The van der Waals surface area contributed by atoms with E-state index in [1.54, 1.807) is 23.0 Å². The molecule has 0 aliphatic rings. The molecule has 108 valence electrons. The molecule has 1 amide bonds. The highest BCUT2D eigenvalue weighted by atomic mass is 16.2. The van der Waals surface area contributed by atoms with Crippen molar-refractivity contribution in [2.75, 3.05) is 6.61 Å². The molecule has 6 heteroatoms. The molecule has 0 bridgehead atoms. The highest BCUT2D eigenvalue weighted by Crippen LogP contribution is 2.11. The number of nitrogens with one attached hydrogen (secondary N) is 1. The van der Waals surface area contributed by atoms with Gasteiger partial charge in [0.2, 0.25) is 0 Å². The number of carbonyl (C=O) groups excluding carboxylic acids is 1. The van der Waals surface area contributed by atoms with Gasteiger partial charge in [-0.3, -0.25) is 4.79 Å². The molecule has 0 spiro atoms. The van der Waals surface area contributed by atoms with Crippen LogP contribution in [0.15, 0.2) is 24.5 Å². The number of amides is 1. The standard InChI is InChI=1S/C15H16N4O2/c1-11-5-6-12(4-3-7-20)13(8-11)15(21)16-9-14-18-17-10-19(14)2/h5-6,8,10,20H,7,9H2,1-2H3,(H,16,21). The van der Waals surface area contributed by atoms with E-state index in [9.17, 15) is 4.79 Å². The number of rotatable bonds is 3. The summed E-state index contributed by atoms with van der Waals surface area (Å²) in [6.07, 6.45) is 1.58. The number of benzene rings is 1. The second kappa shape index (κ2) is 6.68. The lowest BCUT2D eigenvalue weighted by Crippen LogP contribution is -2.25. The predicted octanol–water partition coefficient (Wildman–Crippen LogP) is 0.397. The lowest BCUT2D eigenvalue weighted by atomic mass is 10.0. The van der Waals surface area contributed by atoms with E-state index in [4.69, 9.17) is 5.11 Å². The second-order valence-electron chi connectivity index (χ2n) is 4.55. The molecule has 1 aromatic carbocycles. The summed E-state index contributed by atoms with van der Waals surface area (Å²) in [5, 5.41) is 19.2. The Balaban J connectivity index is 2.18. The third-order valence-corrected chi connectivity index (χ3v) is 2.93. The van der Waals surface area contributed by atoms with Crippen molar-refractivity contribution in [1.29, 1.82) is 0 Å². The molecule has 0 fully saturated rings. The van der Waals surface area contributed by atoms with E-state index in [-0.39, 0.29) is 19.1 Å². The van der Waals surface area contributed by atoms with Gasteiger partial charge in [-0.15, -0.1) is 10.2 Å². The van der Waals surface area contributed by atoms with Gasteiger partial charge in [0, 0.05) is 12.6 Å². The quantitative estimate of drug-likeness (QED) is 0.799. The summed E-state index contributed by atoms with van der Waals surface area (Å²) in [4.78, 5) is 12.3. The summed E-state index contributed by atoms with van der Waals surface area (Å²) in [5.74, 6) is 5.77. The molecule has 0 saturated heterocycles. The van der Waals surface area contributed by atoms with Gasteiger partial charge in [-0.2, -0.15) is 0 Å². The van der Waals surface area contributed by atoms with Crippen molar-refractivity contribution in [3.8, 4) is 11.8 Å². The first-order chi connectivity index (χ1) is 10.1. The highest BCUT2D eigenvalue weighted by Gasteiger charge is 2.11. The fraction of sp³-hybridized carbons (Fsp3) is 0.267. The molecule has 0 aliphatic carbocycles. The van der Waals surface area contributed by atoms with Gasteiger partial charge in [0.1, 0.15) is 12.9 Å². The zero-order valence-electron chi connectivity index (χ0n) is 11.9. The molecule has 0 unspecified atom stereocenters. The Labute approximate surface area is 122 Å². The monoisotopic (exact) mass is 284 g/mol. The summed E-state index contributed by atoms with van der Waals surface area (Å²) in [7, 11) is 1.81. The van der Waals surface area contributed by atoms with Crippen LogP contribution in [0.5, 0.6) is 0 Å². The van der Waals surface area contributed by atoms with Gasteiger partial charge in [0.25, 0.3) is 5.91 Å². The molecule has 2 aromatic rings. The van der Waals surface area contributed by atoms with Crippen LogP contribution in [0.2, 0.25) is 0 Å². The molecule has 21 heavy (non-hydrogen) atoms. The van der Waals surface area contributed by atoms with Gasteiger partial charge in [0.15, 0.2) is 5.82 Å². The topological polar surface area (TPSA) is 80.0 Å². The molecule has 0 saturated carbocycles. The maximum Gasteiger partial charge on any atom is 0.252 e. The van der Waals surface area contributed by atoms with Crippen LogP contribution >= 0.6 is 0 Å². The van der Waals surface area contributed by atoms with E-state index in [0.717, 1.165) is 5.56 Å². The molecule has 0 atom stereocenters. The summed E-state index contributed by atoms with van der Waals surface area (Å²) in [6.45, 7) is 1.95. The number of nitrogens with zero attached hydrogens (tertiary/aromatic N) is 3. The molecule has 1 aromatic heterocycles. The fourth-order valence-corrected chi connectivity index (χ4v) is 1.81. The van der Waals surface area contributed by atoms with E-state index >= 15 is 0 Å². The van der Waals surface area contributed by atoms with Crippen LogP contribution in [-0.2, 0) is 13.6 Å². The first-order valence-corrected chi connectivity index (χ1v) is 6.43. The normalized spacial score (nSPS) is 9.86. The molecule has 6 nitrogen and oxygen atoms in total. The zero-order chi connectivity index (χ0) is 15.2. The van der Waals surface area contributed by atoms with Crippen LogP contribution in [0.25, 0.3) is 0 Å². The third-order valence-electron chi connectivity index (χ3n) is 2.93. The van der Waals surface area contributed by atoms with Gasteiger partial charge in [-0.1, -0.05) is 23.5 Å². The summed E-state index contributed by atoms with van der Waals surface area (Å²) in [5.41, 5.74) is 2.04. The largest absolute Gasteiger partial charge is 0.384 e. The van der Waals surface area contributed by atoms with Crippen molar-refractivity contribution >= 4 is 5.91 Å². The second-order valence-corrected chi connectivity index (χ2v) is 4.55. The Bertz CT molecular complexity index is 710. The predicted molar refractivity (Wildman–Crippen MR) is 77.3 cm³/mol. The van der Waals surface area contributed by atoms with Crippen molar-refractivity contribution in [3.05, 3.63) is 47.0 Å². The number of aliphatic hydroxyl groups is 1. The maximum absolute atomic E-state index is 12.3. The average Bonchev–Trinajstić information content (AvgIpc) is 2.88. The van der Waals surface area contributed by atoms with Crippen molar-refractivity contribution in [1.82, 2.24) is 20.1 Å². The molecular formula is C15H16N4O2. The van der Waals surface area contributed by atoms with Gasteiger partial charge >= 0.3 is 0 Å². The number of aromatic nitrogens is 3. The lowest BCUT2D eigenvalue weighted by molar-refractivity contribution is 0.0949. The van der Waals surface area contributed by atoms with Crippen molar-refractivity contribution in [2.24, 2.45) is 7.05 Å². The minimum atomic E-state index is -0.242. The van der Waals surface area contributed by atoms with Gasteiger partial charge < -0.3 is 15.0 Å². The number of aryl methyl sites for hydroxylation is 2. The third kappa shape index (κ3) is 3.68. The summed E-state index contributed by atoms with van der Waals surface area (Å²) >= 11 is 0. The van der Waals surface area contributed by atoms with E-state index < -0.39 is 0 Å². The molecule has 0 aliphatic heterocycles. The summed E-state index contributed by atoms with van der Waals surface area (Å²) < 4.78 is 1.74. The van der Waals surface area contributed by atoms with Crippen molar-refractivity contribution in [2.45, 2.75) is 13.5 Å². The highest BCUT2D eigenvalue weighted by molar-refractivity contribution is 5.96. The van der Waals surface area contributed by atoms with Crippen LogP contribution in [0.3, 0.4) is 0 Å². The first-order valence-electron chi connectivity index (χ1n) is 6.43. The van der Waals surface area contributed by atoms with Gasteiger partial charge in [-0.25, -0.2) is 0 Å². The Morgan fingerprint density at radius 2 is 2.29 bits per heavy atom. The molecule has 1 heterocycles. The van der Waals surface area contributed by atoms with Crippen LogP contribution < -0.4 is 5.32 Å². The van der Waals surface area contributed by atoms with E-state index in [2.05, 4.69) is 27.4 Å². The number of hydrogen-bond donors (Lipinski definition) is 2. The SMILES string of the molecule is Cc1ccc(C#CCO)c(C(=O)NCc2nncn2C)c1. The van der Waals surface area contributed by atoms with E-state index in [1.165, 1.54) is 0 Å². The minimum absolute atomic E-state index is 0.232. The maximum atomic E-state index is 12.3. The molecule has 2 rings (SSSR count). The Morgan fingerprint density at radius 3 is 2.95 bits per heavy atom. The van der Waals surface area contributed by atoms with E-state index in [1.807, 2.05) is 20.0 Å². The number of aliphatic hydroxyl groups excluding tert-OH is 1. The Kier molecular flexibility index (Phi) is 4.69. The smallest absolute Gasteiger partial charge is 0.252 e. The molecular weight excluding hydrogens is 268 g/mol. The fourth-order valence-electron chi connectivity index (χ4n) is 1.81. The molecule has 2 N–H and O–H groups in total. The average molecular weight is 284 g/mol. The Morgan fingerprint density at radius 1 is 1.48 bits per heavy atom. The molecule has 0 radical (unpaired) electrons. The van der Waals surface area contributed by atoms with Gasteiger partial charge in [0.05, 0.1) is 12.1 Å². The Hall–Kier alpha value is -2.65. The minimum Gasteiger partial charge on any atom is -0.384 e. The van der Waals surface area contributed by atoms with Crippen LogP contribution in [0.1, 0.15) is 27.3 Å². The number of carbonyl (C=O) groups is 1. The van der Waals surface area contributed by atoms with Crippen molar-refractivity contribution < 1.29 is 9.90 Å². The van der Waals surface area contributed by atoms with E-state index in [0.29, 0.717) is 17.0 Å². The first kappa shape index (κ1) is 14.8. The van der Waals surface area contributed by atoms with Crippen LogP contribution in [0, 0.1) is 18.8 Å². The lowest BCUT2D eigenvalue weighted by Gasteiger charge is -2.07. The van der Waals surface area contributed by atoms with Crippen LogP contribution in [0.4, 0.5) is 0 Å². The van der Waals surface area contributed by atoms with Gasteiger partial charge in [-0.05, 0) is 19.1 Å². The van der Waals surface area contributed by atoms with Crippen LogP contribution in [-0.4, -0.2) is 32.4 Å². The van der Waals surface area contributed by atoms with Crippen molar-refractivity contribution in [3.63, 3.8) is 0 Å².